The summed E-state index contributed by atoms with van der Waals surface area (Å²) in [5.41, 5.74) is 3.65. The fourth-order valence-corrected chi connectivity index (χ4v) is 3.43. The zero-order valence-electron chi connectivity index (χ0n) is 16.3. The van der Waals surface area contributed by atoms with E-state index in [0.717, 1.165) is 17.5 Å². The van der Waals surface area contributed by atoms with Gasteiger partial charge in [-0.2, -0.15) is 0 Å². The first kappa shape index (κ1) is 21.2. The van der Waals surface area contributed by atoms with Crippen LogP contribution < -0.4 is 0 Å². The van der Waals surface area contributed by atoms with Crippen molar-refractivity contribution in [3.05, 3.63) is 54.1 Å². The molecular weight excluding hydrogens is 459 g/mol. The van der Waals surface area contributed by atoms with Crippen molar-refractivity contribution in [1.29, 1.82) is 0 Å². The molecule has 2 rings (SSSR count). The van der Waals surface area contributed by atoms with Gasteiger partial charge >= 0.3 is 32.3 Å². The third-order valence-corrected chi connectivity index (χ3v) is 3.82. The molecule has 2 heteroatoms. The summed E-state index contributed by atoms with van der Waals surface area (Å²) in [4.78, 5) is 0. The van der Waals surface area contributed by atoms with Gasteiger partial charge in [0, 0.05) is 5.56 Å². The molecule has 0 fully saturated rings. The van der Waals surface area contributed by atoms with Gasteiger partial charge in [0.15, 0.2) is 0 Å². The number of rotatable bonds is 3. The van der Waals surface area contributed by atoms with Crippen molar-refractivity contribution in [2.45, 2.75) is 55.8 Å². The summed E-state index contributed by atoms with van der Waals surface area (Å²) in [6, 6.07) is 16.0. The average Bonchev–Trinajstić information content (AvgIpc) is 2.46. The Bertz CT molecular complexity index is 638. The first-order chi connectivity index (χ1) is 11.1. The summed E-state index contributed by atoms with van der Waals surface area (Å²) < 4.78 is 4.64. The summed E-state index contributed by atoms with van der Waals surface area (Å²) in [7, 11) is 0. The molecule has 24 heavy (non-hydrogen) atoms. The number of aromatic hydroxyl groups is 1. The molecule has 0 aliphatic heterocycles. The van der Waals surface area contributed by atoms with Crippen LogP contribution in [0.5, 0.6) is 5.75 Å². The van der Waals surface area contributed by atoms with Crippen molar-refractivity contribution in [2.24, 2.45) is 5.41 Å². The van der Waals surface area contributed by atoms with Gasteiger partial charge in [-0.05, 0) is 34.4 Å². The van der Waals surface area contributed by atoms with E-state index in [2.05, 4.69) is 62.2 Å². The average molecular weight is 491 g/mol. The molecule has 2 aromatic rings. The van der Waals surface area contributed by atoms with Crippen LogP contribution in [0.2, 0.25) is 9.36 Å². The maximum absolute atomic E-state index is 10.2. The van der Waals surface area contributed by atoms with Crippen LogP contribution in [-0.2, 0) is 28.3 Å². The summed E-state index contributed by atoms with van der Waals surface area (Å²) >= 11 is 0.0833. The van der Waals surface area contributed by atoms with Crippen molar-refractivity contribution < 1.29 is 28.0 Å². The predicted octanol–water partition coefficient (Wildman–Crippen LogP) is 6.94. The molecule has 0 aliphatic carbocycles. The molecule has 0 saturated heterocycles. The zero-order chi connectivity index (χ0) is 18.4. The molecule has 0 saturated carbocycles. The number of benzene rings is 2. The second-order valence-electron chi connectivity index (χ2n) is 8.18. The second kappa shape index (κ2) is 8.99. The van der Waals surface area contributed by atoms with Crippen LogP contribution in [0.3, 0.4) is 0 Å². The third-order valence-electron chi connectivity index (χ3n) is 3.82. The minimum atomic E-state index is 0.0527. The normalized spacial score (nSPS) is 11.5. The van der Waals surface area contributed by atoms with E-state index in [4.69, 9.17) is 0 Å². The third kappa shape index (κ3) is 6.20. The molecule has 0 amide bonds. The van der Waals surface area contributed by atoms with Gasteiger partial charge < -0.3 is 5.11 Å². The molecule has 0 heterocycles. The molecule has 0 radical (unpaired) electrons. The van der Waals surface area contributed by atoms with Crippen molar-refractivity contribution in [1.82, 2.24) is 0 Å². The van der Waals surface area contributed by atoms with Crippen LogP contribution in [0.4, 0.5) is 0 Å². The van der Waals surface area contributed by atoms with Crippen molar-refractivity contribution >= 4 is 0 Å². The first-order valence-corrected chi connectivity index (χ1v) is 15.8. The predicted molar refractivity (Wildman–Crippen MR) is 102 cm³/mol. The van der Waals surface area contributed by atoms with E-state index in [1.54, 1.807) is 6.07 Å². The molecule has 0 bridgehead atoms. The molecule has 130 valence electrons. The molecular formula is C22H32HfO. The number of para-hydroxylation sites is 1. The van der Waals surface area contributed by atoms with Gasteiger partial charge in [-0.3, -0.25) is 0 Å². The second-order valence-corrected chi connectivity index (χ2v) is 11.8. The molecule has 0 unspecified atom stereocenters. The Kier molecular flexibility index (Phi) is 7.92. The SMILES string of the molecule is CC(C)(C)CC(C)(C)c1ccccc1-c1ccccc1O.[CH3][Hf][CH3]. The number of hydrogen-bond donors (Lipinski definition) is 1. The molecule has 1 N–H and O–H groups in total. The quantitative estimate of drug-likeness (QED) is 0.462. The van der Waals surface area contributed by atoms with E-state index in [-0.39, 0.29) is 33.7 Å². The molecule has 0 aromatic heterocycles. The Labute approximate surface area is 159 Å². The van der Waals surface area contributed by atoms with Gasteiger partial charge in [0.25, 0.3) is 0 Å². The van der Waals surface area contributed by atoms with E-state index in [9.17, 15) is 5.11 Å². The Morgan fingerprint density at radius 2 is 1.25 bits per heavy atom. The van der Waals surface area contributed by atoms with Gasteiger partial charge in [0.05, 0.1) is 0 Å². The summed E-state index contributed by atoms with van der Waals surface area (Å²) in [6.07, 6.45) is 1.09. The summed E-state index contributed by atoms with van der Waals surface area (Å²) in [5.74, 6) is 0.344. The number of hydrogen-bond acceptors (Lipinski definition) is 1. The monoisotopic (exact) mass is 492 g/mol. The van der Waals surface area contributed by atoms with Crippen molar-refractivity contribution in [2.75, 3.05) is 0 Å². The van der Waals surface area contributed by atoms with Crippen molar-refractivity contribution in [3.8, 4) is 16.9 Å². The van der Waals surface area contributed by atoms with E-state index >= 15 is 0 Å². The van der Waals surface area contributed by atoms with Gasteiger partial charge in [-0.1, -0.05) is 77.1 Å². The Morgan fingerprint density at radius 1 is 0.792 bits per heavy atom. The Hall–Kier alpha value is -0.890. The topological polar surface area (TPSA) is 20.2 Å². The number of phenols is 1. The van der Waals surface area contributed by atoms with Gasteiger partial charge in [0.1, 0.15) is 5.75 Å². The fraction of sp³-hybridized carbons (Fsp3) is 0.455. The van der Waals surface area contributed by atoms with Crippen LogP contribution in [0.1, 0.15) is 46.6 Å². The van der Waals surface area contributed by atoms with Crippen LogP contribution in [-0.4, -0.2) is 5.11 Å². The Morgan fingerprint density at radius 3 is 1.75 bits per heavy atom. The molecule has 0 aliphatic rings. The van der Waals surface area contributed by atoms with E-state index in [1.165, 1.54) is 5.56 Å². The molecule has 0 spiro atoms. The molecule has 1 nitrogen and oxygen atoms in total. The minimum absolute atomic E-state index is 0.0527. The number of phenolic OH excluding ortho intramolecular Hbond substituents is 1. The van der Waals surface area contributed by atoms with E-state index in [1.807, 2.05) is 24.3 Å². The maximum atomic E-state index is 10.2. The van der Waals surface area contributed by atoms with Gasteiger partial charge in [0.2, 0.25) is 0 Å². The Balaban J connectivity index is 0.000000891. The summed E-state index contributed by atoms with van der Waals surface area (Å²) in [6.45, 7) is 11.4. The van der Waals surface area contributed by atoms with Gasteiger partial charge in [-0.25, -0.2) is 0 Å². The van der Waals surface area contributed by atoms with Crippen LogP contribution in [0.15, 0.2) is 48.5 Å². The van der Waals surface area contributed by atoms with Crippen LogP contribution in [0.25, 0.3) is 11.1 Å². The van der Waals surface area contributed by atoms with Crippen LogP contribution >= 0.6 is 0 Å². The van der Waals surface area contributed by atoms with Crippen LogP contribution in [0, 0.1) is 5.41 Å². The van der Waals surface area contributed by atoms with E-state index < -0.39 is 0 Å². The molecule has 0 atom stereocenters. The van der Waals surface area contributed by atoms with Gasteiger partial charge in [-0.15, -0.1) is 0 Å². The fourth-order valence-electron chi connectivity index (χ4n) is 3.43. The molecule has 2 aromatic carbocycles. The first-order valence-electron chi connectivity index (χ1n) is 8.59. The summed E-state index contributed by atoms with van der Waals surface area (Å²) in [5, 5.41) is 10.2. The standard InChI is InChI=1S/C20H26O.2CH3.Hf/c1-19(2,3)14-20(4,5)17-12-8-6-10-15(17)16-11-7-9-13-18(16)21;;;/h6-13,21H,14H2,1-5H3;2*1H3;. The van der Waals surface area contributed by atoms with E-state index in [0.29, 0.717) is 5.75 Å². The van der Waals surface area contributed by atoms with Crippen molar-refractivity contribution in [3.63, 3.8) is 0 Å². The zero-order valence-corrected chi connectivity index (χ0v) is 19.9.